The Labute approximate surface area is 112 Å². The Hall–Kier alpha value is 0.270. The Bertz CT molecular complexity index is 187. The maximum absolute atomic E-state index is 3.59. The van der Waals surface area contributed by atoms with E-state index in [1.807, 2.05) is 11.8 Å². The second-order valence-corrected chi connectivity index (χ2v) is 6.26. The average Bonchev–Trinajstić information content (AvgIpc) is 2.34. The summed E-state index contributed by atoms with van der Waals surface area (Å²) in [6, 6.07) is 1.45. The minimum atomic E-state index is 0.675. The highest BCUT2D eigenvalue weighted by molar-refractivity contribution is 7.98. The Morgan fingerprint density at radius 2 is 2.00 bits per heavy atom. The molecule has 0 spiro atoms. The summed E-state index contributed by atoms with van der Waals surface area (Å²) >= 11 is 1.97. The van der Waals surface area contributed by atoms with Crippen molar-refractivity contribution < 1.29 is 0 Å². The minimum Gasteiger partial charge on any atom is -0.311 e. The summed E-state index contributed by atoms with van der Waals surface area (Å²) in [6.07, 6.45) is 9.10. The van der Waals surface area contributed by atoms with Crippen molar-refractivity contribution in [3.8, 4) is 0 Å². The van der Waals surface area contributed by atoms with Crippen LogP contribution in [0.5, 0.6) is 0 Å². The average molecular weight is 258 g/mol. The van der Waals surface area contributed by atoms with Gasteiger partial charge in [-0.3, -0.25) is 4.90 Å². The smallest absolute Gasteiger partial charge is 0.0218 e. The van der Waals surface area contributed by atoms with E-state index in [-0.39, 0.29) is 0 Å². The van der Waals surface area contributed by atoms with Crippen molar-refractivity contribution in [1.29, 1.82) is 0 Å². The molecule has 1 heterocycles. The molecule has 102 valence electrons. The summed E-state index contributed by atoms with van der Waals surface area (Å²) in [7, 11) is 0. The van der Waals surface area contributed by atoms with E-state index in [9.17, 15) is 0 Å². The van der Waals surface area contributed by atoms with Crippen molar-refractivity contribution in [3.05, 3.63) is 0 Å². The minimum absolute atomic E-state index is 0.675. The largest absolute Gasteiger partial charge is 0.311 e. The molecular weight excluding hydrogens is 228 g/mol. The third-order valence-electron chi connectivity index (χ3n) is 3.74. The molecule has 1 fully saturated rings. The molecule has 0 bridgehead atoms. The number of unbranched alkanes of at least 4 members (excludes halogenated alkanes) is 3. The first-order chi connectivity index (χ1) is 8.27. The van der Waals surface area contributed by atoms with Crippen LogP contribution in [0.4, 0.5) is 0 Å². The second-order valence-electron chi connectivity index (χ2n) is 5.27. The molecule has 3 heteroatoms. The van der Waals surface area contributed by atoms with Gasteiger partial charge in [-0.15, -0.1) is 0 Å². The van der Waals surface area contributed by atoms with Crippen molar-refractivity contribution in [2.24, 2.45) is 0 Å². The quantitative estimate of drug-likeness (QED) is 0.674. The monoisotopic (exact) mass is 258 g/mol. The van der Waals surface area contributed by atoms with Gasteiger partial charge in [0.05, 0.1) is 0 Å². The number of hydrogen-bond acceptors (Lipinski definition) is 3. The Morgan fingerprint density at radius 1 is 1.24 bits per heavy atom. The summed E-state index contributed by atoms with van der Waals surface area (Å²) in [5, 5.41) is 3.59. The molecule has 1 N–H and O–H groups in total. The topological polar surface area (TPSA) is 15.3 Å². The highest BCUT2D eigenvalue weighted by Gasteiger charge is 2.23. The zero-order valence-corrected chi connectivity index (χ0v) is 12.7. The third-order valence-corrected chi connectivity index (χ3v) is 4.44. The van der Waals surface area contributed by atoms with Crippen molar-refractivity contribution in [3.63, 3.8) is 0 Å². The van der Waals surface area contributed by atoms with Gasteiger partial charge in [0.25, 0.3) is 0 Å². The first-order valence-electron chi connectivity index (χ1n) is 7.24. The van der Waals surface area contributed by atoms with Gasteiger partial charge in [0, 0.05) is 25.2 Å². The molecule has 0 radical (unpaired) electrons. The van der Waals surface area contributed by atoms with Crippen LogP contribution in [-0.2, 0) is 0 Å². The fourth-order valence-corrected chi connectivity index (χ4v) is 3.12. The number of thioether (sulfide) groups is 1. The second kappa shape index (κ2) is 9.23. The fraction of sp³-hybridized carbons (Fsp3) is 1.00. The third kappa shape index (κ3) is 6.12. The summed E-state index contributed by atoms with van der Waals surface area (Å²) in [6.45, 7) is 8.35. The van der Waals surface area contributed by atoms with Crippen LogP contribution < -0.4 is 5.32 Å². The van der Waals surface area contributed by atoms with Gasteiger partial charge in [0.15, 0.2) is 0 Å². The van der Waals surface area contributed by atoms with Crippen LogP contribution in [0.25, 0.3) is 0 Å². The normalized spacial score (nSPS) is 26.3. The molecule has 1 saturated heterocycles. The first kappa shape index (κ1) is 15.3. The van der Waals surface area contributed by atoms with E-state index < -0.39 is 0 Å². The molecule has 1 rings (SSSR count). The fourth-order valence-electron chi connectivity index (χ4n) is 2.62. The summed E-state index contributed by atoms with van der Waals surface area (Å²) in [5.74, 6) is 1.34. The van der Waals surface area contributed by atoms with Crippen molar-refractivity contribution >= 4 is 11.8 Å². The van der Waals surface area contributed by atoms with E-state index in [1.165, 1.54) is 57.5 Å². The molecule has 1 aliphatic rings. The van der Waals surface area contributed by atoms with E-state index in [2.05, 4.69) is 30.3 Å². The van der Waals surface area contributed by atoms with Gasteiger partial charge >= 0.3 is 0 Å². The molecule has 0 aromatic carbocycles. The highest BCUT2D eigenvalue weighted by Crippen LogP contribution is 2.12. The van der Waals surface area contributed by atoms with Gasteiger partial charge in [-0.25, -0.2) is 0 Å². The molecule has 0 aromatic rings. The zero-order valence-electron chi connectivity index (χ0n) is 11.9. The van der Waals surface area contributed by atoms with Crippen molar-refractivity contribution in [2.75, 3.05) is 31.6 Å². The van der Waals surface area contributed by atoms with Gasteiger partial charge in [-0.1, -0.05) is 19.8 Å². The Morgan fingerprint density at radius 3 is 2.71 bits per heavy atom. The number of nitrogens with zero attached hydrogens (tertiary/aromatic N) is 1. The van der Waals surface area contributed by atoms with E-state index >= 15 is 0 Å². The molecule has 2 unspecified atom stereocenters. The van der Waals surface area contributed by atoms with Crippen LogP contribution in [-0.4, -0.2) is 48.6 Å². The van der Waals surface area contributed by atoms with Crippen LogP contribution in [0, 0.1) is 0 Å². The lowest BCUT2D eigenvalue weighted by Gasteiger charge is -2.39. The molecule has 0 amide bonds. The zero-order chi connectivity index (χ0) is 12.5. The van der Waals surface area contributed by atoms with Crippen molar-refractivity contribution in [2.45, 2.75) is 58.0 Å². The lowest BCUT2D eigenvalue weighted by molar-refractivity contribution is 0.129. The van der Waals surface area contributed by atoms with Crippen LogP contribution in [0.3, 0.4) is 0 Å². The first-order valence-corrected chi connectivity index (χ1v) is 8.63. The molecule has 2 atom stereocenters. The molecule has 0 aliphatic carbocycles. The molecule has 17 heavy (non-hydrogen) atoms. The molecule has 2 nitrogen and oxygen atoms in total. The van der Waals surface area contributed by atoms with Crippen molar-refractivity contribution in [1.82, 2.24) is 10.2 Å². The van der Waals surface area contributed by atoms with Gasteiger partial charge in [-0.05, 0) is 44.7 Å². The lowest BCUT2D eigenvalue weighted by Crippen LogP contribution is -2.55. The van der Waals surface area contributed by atoms with Gasteiger partial charge in [0.1, 0.15) is 0 Å². The van der Waals surface area contributed by atoms with Crippen LogP contribution >= 0.6 is 11.8 Å². The number of hydrogen-bond donors (Lipinski definition) is 1. The summed E-state index contributed by atoms with van der Waals surface area (Å²) < 4.78 is 0. The van der Waals surface area contributed by atoms with E-state index in [4.69, 9.17) is 0 Å². The van der Waals surface area contributed by atoms with Gasteiger partial charge in [-0.2, -0.15) is 11.8 Å². The van der Waals surface area contributed by atoms with Crippen LogP contribution in [0.2, 0.25) is 0 Å². The number of nitrogens with one attached hydrogen (secondary N) is 1. The van der Waals surface area contributed by atoms with E-state index in [0.29, 0.717) is 6.04 Å². The summed E-state index contributed by atoms with van der Waals surface area (Å²) in [4.78, 5) is 2.70. The van der Waals surface area contributed by atoms with E-state index in [0.717, 1.165) is 6.04 Å². The van der Waals surface area contributed by atoms with Gasteiger partial charge in [0.2, 0.25) is 0 Å². The van der Waals surface area contributed by atoms with Crippen LogP contribution in [0.15, 0.2) is 0 Å². The predicted molar refractivity (Wildman–Crippen MR) is 80.0 cm³/mol. The number of rotatable bonds is 8. The summed E-state index contributed by atoms with van der Waals surface area (Å²) in [5.41, 5.74) is 0. The Balaban J connectivity index is 2.10. The Kier molecular flexibility index (Phi) is 8.33. The van der Waals surface area contributed by atoms with Gasteiger partial charge < -0.3 is 5.32 Å². The predicted octanol–water partition coefficient (Wildman–Crippen LogP) is 2.98. The lowest BCUT2D eigenvalue weighted by atomic mass is 10.1. The highest BCUT2D eigenvalue weighted by atomic mass is 32.2. The van der Waals surface area contributed by atoms with E-state index in [1.54, 1.807) is 0 Å². The SMILES string of the molecule is CCC1CNC(C)CN1CCCCCCSC. The number of piperazine rings is 1. The maximum Gasteiger partial charge on any atom is 0.0218 e. The molecular formula is C14H30N2S. The molecule has 1 aliphatic heterocycles. The molecule has 0 aromatic heterocycles. The van der Waals surface area contributed by atoms with Crippen LogP contribution in [0.1, 0.15) is 46.0 Å². The molecule has 0 saturated carbocycles. The maximum atomic E-state index is 3.59. The standard InChI is InChI=1S/C14H30N2S/c1-4-14-11-15-13(2)12-16(14)9-7-5-6-8-10-17-3/h13-15H,4-12H2,1-3H3.